The van der Waals surface area contributed by atoms with Gasteiger partial charge in [0.2, 0.25) is 5.91 Å². The van der Waals surface area contributed by atoms with Gasteiger partial charge in [-0.25, -0.2) is 4.98 Å². The molecule has 0 saturated carbocycles. The molecular weight excluding hydrogens is 298 g/mol. The lowest BCUT2D eigenvalue weighted by atomic mass is 9.99. The predicted octanol–water partition coefficient (Wildman–Crippen LogP) is 4.03. The number of para-hydroxylation sites is 2. The van der Waals surface area contributed by atoms with E-state index in [9.17, 15) is 4.79 Å². The maximum Gasteiger partial charge on any atom is 0.230 e. The third-order valence-electron chi connectivity index (χ3n) is 4.93. The van der Waals surface area contributed by atoms with Crippen LogP contribution in [0.2, 0.25) is 0 Å². The lowest BCUT2D eigenvalue weighted by molar-refractivity contribution is -0.133. The maximum absolute atomic E-state index is 13.0. The van der Waals surface area contributed by atoms with Crippen LogP contribution in [0, 0.1) is 0 Å². The van der Waals surface area contributed by atoms with E-state index in [1.165, 1.54) is 0 Å². The number of amides is 1. The van der Waals surface area contributed by atoms with Gasteiger partial charge in [-0.2, -0.15) is 0 Å². The Morgan fingerprint density at radius 1 is 1.17 bits per heavy atom. The first-order valence-electron chi connectivity index (χ1n) is 8.54. The van der Waals surface area contributed by atoms with E-state index >= 15 is 0 Å². The van der Waals surface area contributed by atoms with Crippen molar-refractivity contribution < 1.29 is 4.79 Å². The van der Waals surface area contributed by atoms with Gasteiger partial charge in [-0.3, -0.25) is 4.79 Å². The van der Waals surface area contributed by atoms with E-state index in [-0.39, 0.29) is 17.9 Å². The molecule has 0 aliphatic carbocycles. The van der Waals surface area contributed by atoms with Gasteiger partial charge in [-0.05, 0) is 37.5 Å². The molecule has 2 atom stereocenters. The number of aromatic nitrogens is 2. The minimum atomic E-state index is -0.129. The third-order valence-corrected chi connectivity index (χ3v) is 4.93. The second kappa shape index (κ2) is 6.11. The Balaban J connectivity index is 1.61. The number of likely N-dealkylation sites (tertiary alicyclic amines) is 1. The molecule has 0 unspecified atom stereocenters. The molecular formula is C20H21N3O. The first kappa shape index (κ1) is 14.9. The van der Waals surface area contributed by atoms with Crippen LogP contribution in [-0.4, -0.2) is 27.3 Å². The number of benzene rings is 2. The number of hydrogen-bond acceptors (Lipinski definition) is 2. The van der Waals surface area contributed by atoms with Crippen molar-refractivity contribution in [1.82, 2.24) is 14.9 Å². The van der Waals surface area contributed by atoms with Gasteiger partial charge >= 0.3 is 0 Å². The molecule has 1 N–H and O–H groups in total. The van der Waals surface area contributed by atoms with Crippen molar-refractivity contribution in [2.75, 3.05) is 6.54 Å². The fourth-order valence-corrected chi connectivity index (χ4v) is 3.58. The van der Waals surface area contributed by atoms with Crippen LogP contribution < -0.4 is 0 Å². The molecule has 1 aliphatic rings. The van der Waals surface area contributed by atoms with Crippen LogP contribution in [-0.2, 0) is 4.79 Å². The van der Waals surface area contributed by atoms with E-state index in [2.05, 4.69) is 4.98 Å². The van der Waals surface area contributed by atoms with Crippen LogP contribution in [0.3, 0.4) is 0 Å². The first-order valence-corrected chi connectivity index (χ1v) is 8.54. The Kier molecular flexibility index (Phi) is 3.81. The van der Waals surface area contributed by atoms with Gasteiger partial charge in [0.15, 0.2) is 0 Å². The summed E-state index contributed by atoms with van der Waals surface area (Å²) in [5, 5.41) is 0. The number of imidazole rings is 1. The standard InChI is InChI=1S/C20H21N3O/c1-14(15-8-3-2-4-9-15)20(24)23-13-7-12-18(23)19-21-16-10-5-6-11-17(16)22-19/h2-6,8-11,14,18H,7,12-13H2,1H3,(H,21,22)/t14-,18-/m1/s1. The van der Waals surface area contributed by atoms with Crippen LogP contribution >= 0.6 is 0 Å². The van der Waals surface area contributed by atoms with Gasteiger partial charge in [0, 0.05) is 6.54 Å². The zero-order valence-electron chi connectivity index (χ0n) is 13.8. The lowest BCUT2D eigenvalue weighted by Crippen LogP contribution is -2.34. The number of carbonyl (C=O) groups excluding carboxylic acids is 1. The molecule has 0 bridgehead atoms. The van der Waals surface area contributed by atoms with E-state index in [0.29, 0.717) is 0 Å². The largest absolute Gasteiger partial charge is 0.340 e. The summed E-state index contributed by atoms with van der Waals surface area (Å²) >= 11 is 0. The van der Waals surface area contributed by atoms with E-state index in [0.717, 1.165) is 41.8 Å². The molecule has 24 heavy (non-hydrogen) atoms. The van der Waals surface area contributed by atoms with E-state index in [1.807, 2.05) is 66.4 Å². The first-order chi connectivity index (χ1) is 11.7. The highest BCUT2D eigenvalue weighted by Gasteiger charge is 2.34. The minimum absolute atomic E-state index is 0.0519. The van der Waals surface area contributed by atoms with Gasteiger partial charge in [0.05, 0.1) is 23.0 Å². The molecule has 2 heterocycles. The number of nitrogens with one attached hydrogen (secondary N) is 1. The normalized spacial score (nSPS) is 18.9. The number of fused-ring (bicyclic) bond motifs is 1. The molecule has 0 radical (unpaired) electrons. The third kappa shape index (κ3) is 2.58. The van der Waals surface area contributed by atoms with Crippen LogP contribution in [0.15, 0.2) is 54.6 Å². The summed E-state index contributed by atoms with van der Waals surface area (Å²) in [6, 6.07) is 18.1. The zero-order valence-corrected chi connectivity index (χ0v) is 13.8. The average molecular weight is 319 g/mol. The number of H-pyrrole nitrogens is 1. The number of carbonyl (C=O) groups is 1. The van der Waals surface area contributed by atoms with Crippen LogP contribution in [0.25, 0.3) is 11.0 Å². The quantitative estimate of drug-likeness (QED) is 0.792. The molecule has 3 aromatic rings. The summed E-state index contributed by atoms with van der Waals surface area (Å²) in [7, 11) is 0. The minimum Gasteiger partial charge on any atom is -0.340 e. The molecule has 122 valence electrons. The lowest BCUT2D eigenvalue weighted by Gasteiger charge is -2.26. The Labute approximate surface area is 141 Å². The molecule has 1 aromatic heterocycles. The van der Waals surface area contributed by atoms with Crippen molar-refractivity contribution in [1.29, 1.82) is 0 Å². The molecule has 2 aromatic carbocycles. The fraction of sp³-hybridized carbons (Fsp3) is 0.300. The summed E-state index contributed by atoms with van der Waals surface area (Å²) < 4.78 is 0. The molecule has 0 spiro atoms. The van der Waals surface area contributed by atoms with Crippen LogP contribution in [0.5, 0.6) is 0 Å². The Morgan fingerprint density at radius 2 is 1.92 bits per heavy atom. The topological polar surface area (TPSA) is 49.0 Å². The van der Waals surface area contributed by atoms with E-state index < -0.39 is 0 Å². The summed E-state index contributed by atoms with van der Waals surface area (Å²) in [5.41, 5.74) is 3.06. The SMILES string of the molecule is C[C@@H](C(=O)N1CCC[C@@H]1c1nc2ccccc2[nH]1)c1ccccc1. The molecule has 4 rings (SSSR count). The van der Waals surface area contributed by atoms with Crippen LogP contribution in [0.1, 0.15) is 43.1 Å². The molecule has 1 amide bonds. The number of hydrogen-bond donors (Lipinski definition) is 1. The van der Waals surface area contributed by atoms with Crippen molar-refractivity contribution in [2.45, 2.75) is 31.7 Å². The van der Waals surface area contributed by atoms with Gasteiger partial charge in [-0.1, -0.05) is 42.5 Å². The average Bonchev–Trinajstić information content (AvgIpc) is 3.27. The molecule has 1 saturated heterocycles. The van der Waals surface area contributed by atoms with E-state index in [4.69, 9.17) is 4.98 Å². The summed E-state index contributed by atoms with van der Waals surface area (Å²) in [6.07, 6.45) is 1.99. The number of rotatable bonds is 3. The van der Waals surface area contributed by atoms with Gasteiger partial charge in [0.25, 0.3) is 0 Å². The van der Waals surface area contributed by atoms with Gasteiger partial charge in [-0.15, -0.1) is 0 Å². The van der Waals surface area contributed by atoms with E-state index in [1.54, 1.807) is 0 Å². The summed E-state index contributed by atoms with van der Waals surface area (Å²) in [6.45, 7) is 2.80. The van der Waals surface area contributed by atoms with Crippen molar-refractivity contribution >= 4 is 16.9 Å². The van der Waals surface area contributed by atoms with Gasteiger partial charge in [0.1, 0.15) is 5.82 Å². The monoisotopic (exact) mass is 319 g/mol. The zero-order chi connectivity index (χ0) is 16.5. The van der Waals surface area contributed by atoms with Crippen molar-refractivity contribution in [3.05, 3.63) is 66.0 Å². The molecule has 1 fully saturated rings. The predicted molar refractivity (Wildman–Crippen MR) is 94.6 cm³/mol. The second-order valence-electron chi connectivity index (χ2n) is 6.46. The Hall–Kier alpha value is -2.62. The van der Waals surface area contributed by atoms with Crippen molar-refractivity contribution in [2.24, 2.45) is 0 Å². The highest BCUT2D eigenvalue weighted by atomic mass is 16.2. The van der Waals surface area contributed by atoms with Crippen LogP contribution in [0.4, 0.5) is 0 Å². The second-order valence-corrected chi connectivity index (χ2v) is 6.46. The molecule has 4 nitrogen and oxygen atoms in total. The summed E-state index contributed by atoms with van der Waals surface area (Å²) in [4.78, 5) is 23.1. The number of nitrogens with zero attached hydrogens (tertiary/aromatic N) is 2. The Bertz CT molecular complexity index is 822. The van der Waals surface area contributed by atoms with Crippen molar-refractivity contribution in [3.8, 4) is 0 Å². The van der Waals surface area contributed by atoms with Gasteiger partial charge < -0.3 is 9.88 Å². The highest BCUT2D eigenvalue weighted by Crippen LogP contribution is 2.34. The Morgan fingerprint density at radius 3 is 2.71 bits per heavy atom. The smallest absolute Gasteiger partial charge is 0.230 e. The number of aromatic amines is 1. The fourth-order valence-electron chi connectivity index (χ4n) is 3.58. The maximum atomic E-state index is 13.0. The molecule has 1 aliphatic heterocycles. The molecule has 4 heteroatoms. The summed E-state index contributed by atoms with van der Waals surface area (Å²) in [5.74, 6) is 0.961. The van der Waals surface area contributed by atoms with Crippen molar-refractivity contribution in [3.63, 3.8) is 0 Å². The highest BCUT2D eigenvalue weighted by molar-refractivity contribution is 5.84.